The van der Waals surface area contributed by atoms with E-state index < -0.39 is 16.6 Å². The molecule has 47 heavy (non-hydrogen) atoms. The fourth-order valence-corrected chi connectivity index (χ4v) is 8.85. The summed E-state index contributed by atoms with van der Waals surface area (Å²) in [6.45, 7) is 9.10. The Morgan fingerprint density at radius 3 is 1.06 bits per heavy atom. The van der Waals surface area contributed by atoms with E-state index in [2.05, 4.69) is 170 Å². The predicted octanol–water partition coefficient (Wildman–Crippen LogP) is 10.6. The lowest BCUT2D eigenvalue weighted by molar-refractivity contribution is -0.169. The van der Waals surface area contributed by atoms with Gasteiger partial charge in [-0.3, -0.25) is 0 Å². The molecule has 4 nitrogen and oxygen atoms in total. The smallest absolute Gasteiger partial charge is 0.269 e. The van der Waals surface area contributed by atoms with Crippen molar-refractivity contribution in [2.45, 2.75) is 44.3 Å². The highest BCUT2D eigenvalue weighted by Crippen LogP contribution is 2.62. The van der Waals surface area contributed by atoms with E-state index >= 15 is 0 Å². The molecule has 0 fully saturated rings. The van der Waals surface area contributed by atoms with Crippen molar-refractivity contribution in [3.63, 3.8) is 0 Å². The maximum Gasteiger partial charge on any atom is 0.269 e. The topological polar surface area (TPSA) is 28.3 Å². The van der Waals surface area contributed by atoms with Crippen LogP contribution in [0.15, 0.2) is 133 Å². The van der Waals surface area contributed by atoms with Gasteiger partial charge in [0.15, 0.2) is 0 Å². The number of fused-ring (bicyclic) bond motifs is 8. The third kappa shape index (κ3) is 3.23. The summed E-state index contributed by atoms with van der Waals surface area (Å²) >= 11 is 0. The Balaban J connectivity index is 1.11. The standard InChI is InChI=1S/C43H34N2O2/c1-41(2)33-25-27(44-35-17-9-5-13-29(35)30-14-6-10-18-36(30)44)21-23-39(33)46-43(41)42(3,4)34-26-28(22-24-40(34)47-43)45-37-19-11-7-15-31(37)32-16-8-12-20-38(32)45/h5-26H,1-4H3. The molecular formula is C43H34N2O2. The maximum atomic E-state index is 7.05. The van der Waals surface area contributed by atoms with Crippen molar-refractivity contribution in [1.82, 2.24) is 9.13 Å². The molecular weight excluding hydrogens is 576 g/mol. The zero-order valence-corrected chi connectivity index (χ0v) is 26.9. The van der Waals surface area contributed by atoms with Gasteiger partial charge in [0.1, 0.15) is 11.5 Å². The Kier molecular flexibility index (Phi) is 5.03. The molecule has 4 heteroatoms. The van der Waals surface area contributed by atoms with Gasteiger partial charge in [0, 0.05) is 44.0 Å². The van der Waals surface area contributed by atoms with E-state index in [1.165, 1.54) is 43.6 Å². The Morgan fingerprint density at radius 1 is 0.404 bits per heavy atom. The summed E-state index contributed by atoms with van der Waals surface area (Å²) in [5.41, 5.74) is 8.41. The average Bonchev–Trinajstić information content (AvgIpc) is 3.75. The number of rotatable bonds is 2. The van der Waals surface area contributed by atoms with E-state index in [1.54, 1.807) is 0 Å². The van der Waals surface area contributed by atoms with E-state index in [-0.39, 0.29) is 0 Å². The zero-order valence-electron chi connectivity index (χ0n) is 26.9. The van der Waals surface area contributed by atoms with Crippen molar-refractivity contribution in [3.05, 3.63) is 145 Å². The van der Waals surface area contributed by atoms with Crippen LogP contribution in [-0.2, 0) is 10.8 Å². The Bertz CT molecular complexity index is 2310. The first kappa shape index (κ1) is 26.7. The first-order valence-electron chi connectivity index (χ1n) is 16.4. The van der Waals surface area contributed by atoms with Gasteiger partial charge in [-0.1, -0.05) is 72.8 Å². The van der Waals surface area contributed by atoms with Crippen LogP contribution in [0.5, 0.6) is 11.5 Å². The van der Waals surface area contributed by atoms with Gasteiger partial charge in [-0.2, -0.15) is 0 Å². The highest BCUT2D eigenvalue weighted by Gasteiger charge is 2.69. The van der Waals surface area contributed by atoms with Gasteiger partial charge in [-0.05, 0) is 88.4 Å². The van der Waals surface area contributed by atoms with Gasteiger partial charge >= 0.3 is 0 Å². The van der Waals surface area contributed by atoms with Crippen LogP contribution in [-0.4, -0.2) is 14.9 Å². The fraction of sp³-hybridized carbons (Fsp3) is 0.163. The summed E-state index contributed by atoms with van der Waals surface area (Å²) in [5, 5.41) is 5.02. The predicted molar refractivity (Wildman–Crippen MR) is 192 cm³/mol. The van der Waals surface area contributed by atoms with Crippen molar-refractivity contribution < 1.29 is 9.47 Å². The molecule has 6 aromatic carbocycles. The summed E-state index contributed by atoms with van der Waals surface area (Å²) in [5.74, 6) is 0.829. The van der Waals surface area contributed by atoms with Crippen molar-refractivity contribution >= 4 is 43.6 Å². The zero-order chi connectivity index (χ0) is 31.7. The number of hydrogen-bond donors (Lipinski definition) is 0. The van der Waals surface area contributed by atoms with Crippen LogP contribution >= 0.6 is 0 Å². The molecule has 0 aliphatic carbocycles. The monoisotopic (exact) mass is 610 g/mol. The summed E-state index contributed by atoms with van der Waals surface area (Å²) in [6, 6.07) is 47.9. The van der Waals surface area contributed by atoms with Crippen molar-refractivity contribution in [1.29, 1.82) is 0 Å². The molecule has 8 aromatic rings. The Hall–Kier alpha value is -5.48. The molecule has 0 saturated heterocycles. The molecule has 0 atom stereocenters. The normalized spacial score (nSPS) is 16.9. The van der Waals surface area contributed by atoms with Gasteiger partial charge in [-0.25, -0.2) is 0 Å². The molecule has 4 heterocycles. The number of para-hydroxylation sites is 4. The maximum absolute atomic E-state index is 7.05. The van der Waals surface area contributed by atoms with Crippen LogP contribution < -0.4 is 9.47 Å². The number of ether oxygens (including phenoxy) is 2. The molecule has 228 valence electrons. The van der Waals surface area contributed by atoms with E-state index in [1.807, 2.05) is 0 Å². The first-order chi connectivity index (χ1) is 22.8. The molecule has 0 bridgehead atoms. The lowest BCUT2D eigenvalue weighted by Gasteiger charge is -2.44. The first-order valence-corrected chi connectivity index (χ1v) is 16.4. The van der Waals surface area contributed by atoms with Crippen LogP contribution in [0.2, 0.25) is 0 Å². The lowest BCUT2D eigenvalue weighted by Crippen LogP contribution is -2.61. The molecule has 0 N–H and O–H groups in total. The quantitative estimate of drug-likeness (QED) is 0.195. The van der Waals surface area contributed by atoms with Gasteiger partial charge in [-0.15, -0.1) is 0 Å². The number of nitrogens with zero attached hydrogens (tertiary/aromatic N) is 2. The number of hydrogen-bond acceptors (Lipinski definition) is 2. The van der Waals surface area contributed by atoms with Crippen molar-refractivity contribution in [3.8, 4) is 22.9 Å². The molecule has 0 radical (unpaired) electrons. The third-order valence-corrected chi connectivity index (χ3v) is 11.1. The van der Waals surface area contributed by atoms with E-state index in [0.717, 1.165) is 34.0 Å². The van der Waals surface area contributed by atoms with E-state index in [9.17, 15) is 0 Å². The third-order valence-electron chi connectivity index (χ3n) is 11.1. The molecule has 2 aromatic heterocycles. The summed E-state index contributed by atoms with van der Waals surface area (Å²) < 4.78 is 18.8. The van der Waals surface area contributed by atoms with E-state index in [4.69, 9.17) is 9.47 Å². The van der Waals surface area contributed by atoms with Crippen LogP contribution in [0, 0.1) is 0 Å². The average molecular weight is 611 g/mol. The van der Waals surface area contributed by atoms with Crippen LogP contribution in [0.25, 0.3) is 55.0 Å². The van der Waals surface area contributed by atoms with Crippen LogP contribution in [0.1, 0.15) is 38.8 Å². The van der Waals surface area contributed by atoms with Crippen LogP contribution in [0.3, 0.4) is 0 Å². The Labute approximate surface area is 273 Å². The summed E-state index contributed by atoms with van der Waals surface area (Å²) in [6.07, 6.45) is 0. The molecule has 1 spiro atoms. The van der Waals surface area contributed by atoms with Gasteiger partial charge < -0.3 is 18.6 Å². The largest absolute Gasteiger partial charge is 0.450 e. The minimum Gasteiger partial charge on any atom is -0.450 e. The minimum absolute atomic E-state index is 0.466. The van der Waals surface area contributed by atoms with E-state index in [0.29, 0.717) is 0 Å². The van der Waals surface area contributed by atoms with Crippen LogP contribution in [0.4, 0.5) is 0 Å². The highest BCUT2D eigenvalue weighted by atomic mass is 16.7. The van der Waals surface area contributed by atoms with Gasteiger partial charge in [0.2, 0.25) is 0 Å². The molecule has 0 amide bonds. The second kappa shape index (κ2) is 8.86. The Morgan fingerprint density at radius 2 is 0.723 bits per heavy atom. The van der Waals surface area contributed by atoms with Gasteiger partial charge in [0.25, 0.3) is 5.79 Å². The fourth-order valence-electron chi connectivity index (χ4n) is 8.85. The molecule has 0 unspecified atom stereocenters. The molecule has 2 aliphatic rings. The van der Waals surface area contributed by atoms with Crippen molar-refractivity contribution in [2.24, 2.45) is 0 Å². The molecule has 2 aliphatic heterocycles. The molecule has 10 rings (SSSR count). The number of benzene rings is 6. The minimum atomic E-state index is -0.927. The second-order valence-corrected chi connectivity index (χ2v) is 14.2. The number of aromatic nitrogens is 2. The molecule has 0 saturated carbocycles. The second-order valence-electron chi connectivity index (χ2n) is 14.2. The lowest BCUT2D eigenvalue weighted by atomic mass is 9.65. The van der Waals surface area contributed by atoms with Crippen molar-refractivity contribution in [2.75, 3.05) is 0 Å². The SMILES string of the molecule is CC1(C)c2cc(-n3c4ccccc4c4ccccc43)ccc2OC12Oc1ccc(-n3c4ccccc4c4ccccc43)cc1C2(C)C. The van der Waals surface area contributed by atoms with Gasteiger partial charge in [0.05, 0.1) is 32.9 Å². The highest BCUT2D eigenvalue weighted by molar-refractivity contribution is 6.10. The summed E-state index contributed by atoms with van der Waals surface area (Å²) in [4.78, 5) is 0. The summed E-state index contributed by atoms with van der Waals surface area (Å²) in [7, 11) is 0.